The first kappa shape index (κ1) is 14.9. The average Bonchev–Trinajstić information content (AvgIpc) is 2.41. The summed E-state index contributed by atoms with van der Waals surface area (Å²) in [6.07, 6.45) is 0. The maximum atomic E-state index is 11.9. The van der Waals surface area contributed by atoms with E-state index in [0.717, 1.165) is 26.2 Å². The Hall–Kier alpha value is -1.51. The van der Waals surface area contributed by atoms with Gasteiger partial charge in [-0.2, -0.15) is 0 Å². The van der Waals surface area contributed by atoms with Crippen molar-refractivity contribution in [2.45, 2.75) is 0 Å². The van der Waals surface area contributed by atoms with Crippen LogP contribution in [0.25, 0.3) is 0 Å². The van der Waals surface area contributed by atoms with Crippen molar-refractivity contribution in [3.8, 4) is 0 Å². The summed E-state index contributed by atoms with van der Waals surface area (Å²) >= 11 is 3.11. The Labute approximate surface area is 124 Å². The number of hydrogen-bond acceptors (Lipinski definition) is 5. The number of anilines is 1. The molecule has 1 fully saturated rings. The standard InChI is InChI=1S/C12H15BrN4O3/c13-10-2-1-9(7-11(10)17(19)20)15-12(18)8-16-5-3-14-4-6-16/h1-2,7,14H,3-6,8H2,(H,15,18). The SMILES string of the molecule is O=C(CN1CCNCC1)Nc1ccc(Br)c([N+](=O)[O-])c1. The Morgan fingerprint density at radius 2 is 2.15 bits per heavy atom. The van der Waals surface area contributed by atoms with Gasteiger partial charge in [0.25, 0.3) is 5.69 Å². The van der Waals surface area contributed by atoms with Crippen molar-refractivity contribution in [1.82, 2.24) is 10.2 Å². The Morgan fingerprint density at radius 3 is 2.80 bits per heavy atom. The van der Waals surface area contributed by atoms with Gasteiger partial charge in [0, 0.05) is 37.9 Å². The van der Waals surface area contributed by atoms with Crippen LogP contribution in [0.2, 0.25) is 0 Å². The largest absolute Gasteiger partial charge is 0.325 e. The molecule has 0 aromatic heterocycles. The Morgan fingerprint density at radius 1 is 1.45 bits per heavy atom. The molecule has 1 amide bonds. The minimum absolute atomic E-state index is 0.0648. The molecule has 0 unspecified atom stereocenters. The van der Waals surface area contributed by atoms with E-state index in [1.54, 1.807) is 12.1 Å². The number of benzene rings is 1. The van der Waals surface area contributed by atoms with Gasteiger partial charge >= 0.3 is 0 Å². The molecule has 0 aliphatic carbocycles. The highest BCUT2D eigenvalue weighted by molar-refractivity contribution is 9.10. The van der Waals surface area contributed by atoms with E-state index in [-0.39, 0.29) is 11.6 Å². The van der Waals surface area contributed by atoms with Gasteiger partial charge in [0.2, 0.25) is 5.91 Å². The number of rotatable bonds is 4. The molecule has 20 heavy (non-hydrogen) atoms. The van der Waals surface area contributed by atoms with Crippen molar-refractivity contribution in [2.75, 3.05) is 38.0 Å². The van der Waals surface area contributed by atoms with Gasteiger partial charge in [-0.05, 0) is 28.1 Å². The zero-order chi connectivity index (χ0) is 14.5. The molecule has 7 nitrogen and oxygen atoms in total. The molecule has 1 aliphatic heterocycles. The number of amides is 1. The normalized spacial score (nSPS) is 15.8. The molecule has 1 saturated heterocycles. The third-order valence-electron chi connectivity index (χ3n) is 3.00. The fourth-order valence-corrected chi connectivity index (χ4v) is 2.39. The number of halogens is 1. The summed E-state index contributed by atoms with van der Waals surface area (Å²) in [5.74, 6) is -0.163. The highest BCUT2D eigenvalue weighted by Gasteiger charge is 2.16. The number of nitrogens with zero attached hydrogens (tertiary/aromatic N) is 2. The molecular weight excluding hydrogens is 328 g/mol. The van der Waals surface area contributed by atoms with Crippen LogP contribution in [-0.2, 0) is 4.79 Å². The van der Waals surface area contributed by atoms with Gasteiger partial charge < -0.3 is 10.6 Å². The van der Waals surface area contributed by atoms with Gasteiger partial charge in [-0.3, -0.25) is 19.8 Å². The second kappa shape index (κ2) is 6.78. The summed E-state index contributed by atoms with van der Waals surface area (Å²) in [7, 11) is 0. The lowest BCUT2D eigenvalue weighted by molar-refractivity contribution is -0.385. The summed E-state index contributed by atoms with van der Waals surface area (Å²) < 4.78 is 0.391. The molecule has 1 aromatic rings. The van der Waals surface area contributed by atoms with Crippen LogP contribution in [0.4, 0.5) is 11.4 Å². The van der Waals surface area contributed by atoms with Crippen LogP contribution in [0.3, 0.4) is 0 Å². The van der Waals surface area contributed by atoms with Crippen molar-refractivity contribution in [3.63, 3.8) is 0 Å². The first-order valence-electron chi connectivity index (χ1n) is 6.23. The molecule has 108 valence electrons. The quantitative estimate of drug-likeness (QED) is 0.634. The monoisotopic (exact) mass is 342 g/mol. The average molecular weight is 343 g/mol. The highest BCUT2D eigenvalue weighted by Crippen LogP contribution is 2.27. The maximum Gasteiger partial charge on any atom is 0.285 e. The van der Waals surface area contributed by atoms with Crippen LogP contribution in [0.1, 0.15) is 0 Å². The maximum absolute atomic E-state index is 11.9. The zero-order valence-electron chi connectivity index (χ0n) is 10.8. The smallest absolute Gasteiger partial charge is 0.285 e. The number of nitro groups is 1. The summed E-state index contributed by atoms with van der Waals surface area (Å²) in [5, 5.41) is 16.7. The number of nitrogens with one attached hydrogen (secondary N) is 2. The topological polar surface area (TPSA) is 87.5 Å². The van der Waals surface area contributed by atoms with E-state index in [4.69, 9.17) is 0 Å². The fourth-order valence-electron chi connectivity index (χ4n) is 2.00. The lowest BCUT2D eigenvalue weighted by Crippen LogP contribution is -2.46. The number of piperazine rings is 1. The van der Waals surface area contributed by atoms with Crippen molar-refractivity contribution in [1.29, 1.82) is 0 Å². The fraction of sp³-hybridized carbons (Fsp3) is 0.417. The molecular formula is C12H15BrN4O3. The molecule has 0 atom stereocenters. The Kier molecular flexibility index (Phi) is 5.05. The Balaban J connectivity index is 1.96. The lowest BCUT2D eigenvalue weighted by atomic mass is 10.2. The molecule has 2 N–H and O–H groups in total. The number of nitro benzene ring substituents is 1. The van der Waals surface area contributed by atoms with E-state index in [1.807, 2.05) is 4.90 Å². The van der Waals surface area contributed by atoms with Gasteiger partial charge in [0.05, 0.1) is 15.9 Å². The molecule has 0 bridgehead atoms. The van der Waals surface area contributed by atoms with Crippen LogP contribution in [0.5, 0.6) is 0 Å². The van der Waals surface area contributed by atoms with Crippen LogP contribution >= 0.6 is 15.9 Å². The van der Waals surface area contributed by atoms with Crippen LogP contribution < -0.4 is 10.6 Å². The van der Waals surface area contributed by atoms with Crippen LogP contribution in [0.15, 0.2) is 22.7 Å². The summed E-state index contributed by atoms with van der Waals surface area (Å²) in [5.41, 5.74) is 0.366. The van der Waals surface area contributed by atoms with Crippen molar-refractivity contribution >= 4 is 33.2 Å². The highest BCUT2D eigenvalue weighted by atomic mass is 79.9. The van der Waals surface area contributed by atoms with Crippen molar-refractivity contribution in [2.24, 2.45) is 0 Å². The van der Waals surface area contributed by atoms with Gasteiger partial charge in [-0.15, -0.1) is 0 Å². The molecule has 2 rings (SSSR count). The first-order chi connectivity index (χ1) is 9.56. The summed E-state index contributed by atoms with van der Waals surface area (Å²) in [4.78, 5) is 24.3. The Bertz CT molecular complexity index is 517. The third kappa shape index (κ3) is 3.99. The molecule has 8 heteroatoms. The zero-order valence-corrected chi connectivity index (χ0v) is 12.4. The lowest BCUT2D eigenvalue weighted by Gasteiger charge is -2.26. The van der Waals surface area contributed by atoms with E-state index in [2.05, 4.69) is 26.6 Å². The van der Waals surface area contributed by atoms with E-state index < -0.39 is 4.92 Å². The van der Waals surface area contributed by atoms with E-state index in [1.165, 1.54) is 6.07 Å². The van der Waals surface area contributed by atoms with Crippen molar-refractivity contribution in [3.05, 3.63) is 32.8 Å². The van der Waals surface area contributed by atoms with E-state index in [9.17, 15) is 14.9 Å². The number of hydrogen-bond donors (Lipinski definition) is 2. The number of carbonyl (C=O) groups is 1. The predicted octanol–water partition coefficient (Wildman–Crippen LogP) is 1.20. The summed E-state index contributed by atoms with van der Waals surface area (Å²) in [6.45, 7) is 3.70. The second-order valence-corrected chi connectivity index (χ2v) is 5.35. The van der Waals surface area contributed by atoms with Crippen LogP contribution in [0, 0.1) is 10.1 Å². The molecule has 0 spiro atoms. The second-order valence-electron chi connectivity index (χ2n) is 4.50. The van der Waals surface area contributed by atoms with Gasteiger partial charge in [-0.1, -0.05) is 0 Å². The van der Waals surface area contributed by atoms with Gasteiger partial charge in [0.15, 0.2) is 0 Å². The predicted molar refractivity (Wildman–Crippen MR) is 78.7 cm³/mol. The van der Waals surface area contributed by atoms with Crippen LogP contribution in [-0.4, -0.2) is 48.5 Å². The number of carbonyl (C=O) groups excluding carboxylic acids is 1. The van der Waals surface area contributed by atoms with Gasteiger partial charge in [-0.25, -0.2) is 0 Å². The third-order valence-corrected chi connectivity index (χ3v) is 3.67. The summed E-state index contributed by atoms with van der Waals surface area (Å²) in [6, 6.07) is 4.53. The van der Waals surface area contributed by atoms with E-state index in [0.29, 0.717) is 16.7 Å². The minimum atomic E-state index is -0.490. The van der Waals surface area contributed by atoms with E-state index >= 15 is 0 Å². The first-order valence-corrected chi connectivity index (χ1v) is 7.02. The molecule has 1 aromatic carbocycles. The van der Waals surface area contributed by atoms with Gasteiger partial charge in [0.1, 0.15) is 0 Å². The molecule has 1 heterocycles. The van der Waals surface area contributed by atoms with Crippen molar-refractivity contribution < 1.29 is 9.72 Å². The molecule has 1 aliphatic rings. The molecule has 0 saturated carbocycles. The molecule has 0 radical (unpaired) electrons. The minimum Gasteiger partial charge on any atom is -0.325 e.